The third kappa shape index (κ3) is 4.55. The molecule has 0 radical (unpaired) electrons. The van der Waals surface area contributed by atoms with Crippen molar-refractivity contribution in [3.63, 3.8) is 0 Å². The Morgan fingerprint density at radius 3 is 2.58 bits per heavy atom. The number of halogens is 1. The molecule has 5 nitrogen and oxygen atoms in total. The molecule has 126 valence electrons. The summed E-state index contributed by atoms with van der Waals surface area (Å²) in [5.41, 5.74) is 0.949. The molecule has 0 bridgehead atoms. The van der Waals surface area contributed by atoms with E-state index in [1.54, 1.807) is 42.5 Å². The van der Waals surface area contributed by atoms with Gasteiger partial charge in [-0.15, -0.1) is 0 Å². The van der Waals surface area contributed by atoms with E-state index in [9.17, 15) is 14.0 Å². The highest BCUT2D eigenvalue weighted by molar-refractivity contribution is 5.97. The molecule has 0 saturated heterocycles. The molecular formula is C18H19FN2O3. The second-order valence-corrected chi connectivity index (χ2v) is 5.17. The van der Waals surface area contributed by atoms with Gasteiger partial charge in [0.1, 0.15) is 18.1 Å². The lowest BCUT2D eigenvalue weighted by molar-refractivity contribution is -0.123. The van der Waals surface area contributed by atoms with Gasteiger partial charge in [0, 0.05) is 30.8 Å². The SMILES string of the molecule is COc1cccc(N(CC(=O)NCc2ccccc2F)C(C)=O)c1. The zero-order valence-corrected chi connectivity index (χ0v) is 13.6. The van der Waals surface area contributed by atoms with Crippen molar-refractivity contribution in [3.05, 3.63) is 59.9 Å². The standard InChI is InChI=1S/C18H19FN2O3/c1-13(22)21(15-7-5-8-16(10-15)24-2)12-18(23)20-11-14-6-3-4-9-17(14)19/h3-10H,11-12H2,1-2H3,(H,20,23). The molecule has 0 atom stereocenters. The smallest absolute Gasteiger partial charge is 0.240 e. The molecule has 0 fully saturated rings. The molecular weight excluding hydrogens is 311 g/mol. The van der Waals surface area contributed by atoms with Crippen LogP contribution in [-0.2, 0) is 16.1 Å². The Morgan fingerprint density at radius 2 is 1.92 bits per heavy atom. The minimum atomic E-state index is -0.381. The summed E-state index contributed by atoms with van der Waals surface area (Å²) < 4.78 is 18.7. The van der Waals surface area contributed by atoms with E-state index in [4.69, 9.17) is 4.74 Å². The minimum absolute atomic E-state index is 0.0648. The highest BCUT2D eigenvalue weighted by atomic mass is 19.1. The zero-order valence-electron chi connectivity index (χ0n) is 13.6. The number of anilines is 1. The molecule has 0 unspecified atom stereocenters. The fourth-order valence-electron chi connectivity index (χ4n) is 2.20. The largest absolute Gasteiger partial charge is 0.497 e. The van der Waals surface area contributed by atoms with Crippen molar-refractivity contribution in [3.8, 4) is 5.75 Å². The monoisotopic (exact) mass is 330 g/mol. The van der Waals surface area contributed by atoms with Crippen LogP contribution in [0.5, 0.6) is 5.75 Å². The van der Waals surface area contributed by atoms with E-state index in [0.29, 0.717) is 17.0 Å². The predicted octanol–water partition coefficient (Wildman–Crippen LogP) is 2.50. The Bertz CT molecular complexity index is 734. The van der Waals surface area contributed by atoms with Gasteiger partial charge in [-0.3, -0.25) is 9.59 Å². The second kappa shape index (κ2) is 8.10. The van der Waals surface area contributed by atoms with Crippen molar-refractivity contribution in [2.45, 2.75) is 13.5 Å². The van der Waals surface area contributed by atoms with Crippen LogP contribution in [0, 0.1) is 5.82 Å². The molecule has 2 rings (SSSR count). The van der Waals surface area contributed by atoms with E-state index in [1.807, 2.05) is 0 Å². The minimum Gasteiger partial charge on any atom is -0.497 e. The maximum absolute atomic E-state index is 13.5. The van der Waals surface area contributed by atoms with Gasteiger partial charge in [-0.2, -0.15) is 0 Å². The van der Waals surface area contributed by atoms with Gasteiger partial charge in [0.05, 0.1) is 7.11 Å². The van der Waals surface area contributed by atoms with E-state index in [1.165, 1.54) is 25.0 Å². The van der Waals surface area contributed by atoms with Crippen molar-refractivity contribution >= 4 is 17.5 Å². The van der Waals surface area contributed by atoms with Crippen LogP contribution in [0.2, 0.25) is 0 Å². The number of carbonyl (C=O) groups is 2. The van der Waals surface area contributed by atoms with E-state index in [-0.39, 0.29) is 30.7 Å². The summed E-state index contributed by atoms with van der Waals surface area (Å²) in [6.45, 7) is 1.29. The number of benzene rings is 2. The third-order valence-corrected chi connectivity index (χ3v) is 3.48. The summed E-state index contributed by atoms with van der Waals surface area (Å²) in [6.07, 6.45) is 0. The first-order valence-corrected chi connectivity index (χ1v) is 7.43. The van der Waals surface area contributed by atoms with Crippen LogP contribution in [0.3, 0.4) is 0 Å². The van der Waals surface area contributed by atoms with Crippen molar-refractivity contribution in [1.29, 1.82) is 0 Å². The summed E-state index contributed by atoms with van der Waals surface area (Å²) in [4.78, 5) is 25.3. The molecule has 0 aliphatic carbocycles. The molecule has 2 amide bonds. The van der Waals surface area contributed by atoms with Crippen LogP contribution in [-0.4, -0.2) is 25.5 Å². The van der Waals surface area contributed by atoms with Crippen molar-refractivity contribution < 1.29 is 18.7 Å². The molecule has 0 aromatic heterocycles. The topological polar surface area (TPSA) is 58.6 Å². The van der Waals surface area contributed by atoms with Crippen LogP contribution < -0.4 is 15.0 Å². The highest BCUT2D eigenvalue weighted by Crippen LogP contribution is 2.21. The van der Waals surface area contributed by atoms with Gasteiger partial charge in [-0.25, -0.2) is 4.39 Å². The number of hydrogen-bond acceptors (Lipinski definition) is 3. The number of methoxy groups -OCH3 is 1. The van der Waals surface area contributed by atoms with Crippen molar-refractivity contribution in [2.24, 2.45) is 0 Å². The molecule has 0 aliphatic heterocycles. The Hall–Kier alpha value is -2.89. The zero-order chi connectivity index (χ0) is 17.5. The number of amides is 2. The van der Waals surface area contributed by atoms with Gasteiger partial charge in [-0.1, -0.05) is 24.3 Å². The van der Waals surface area contributed by atoms with Gasteiger partial charge in [0.15, 0.2) is 0 Å². The number of rotatable bonds is 6. The Labute approximate surface area is 140 Å². The first-order valence-electron chi connectivity index (χ1n) is 7.43. The fourth-order valence-corrected chi connectivity index (χ4v) is 2.20. The van der Waals surface area contributed by atoms with Crippen LogP contribution in [0.15, 0.2) is 48.5 Å². The van der Waals surface area contributed by atoms with Gasteiger partial charge in [0.2, 0.25) is 11.8 Å². The normalized spacial score (nSPS) is 10.1. The molecule has 0 heterocycles. The molecule has 0 aliphatic rings. The van der Waals surface area contributed by atoms with Gasteiger partial charge < -0.3 is 15.0 Å². The van der Waals surface area contributed by atoms with Crippen molar-refractivity contribution in [1.82, 2.24) is 5.32 Å². The van der Waals surface area contributed by atoms with E-state index in [0.717, 1.165) is 0 Å². The summed E-state index contributed by atoms with van der Waals surface area (Å²) in [7, 11) is 1.53. The van der Waals surface area contributed by atoms with Gasteiger partial charge in [-0.05, 0) is 18.2 Å². The summed E-state index contributed by atoms with van der Waals surface area (Å²) in [5, 5.41) is 2.62. The van der Waals surface area contributed by atoms with Crippen LogP contribution in [0.25, 0.3) is 0 Å². The highest BCUT2D eigenvalue weighted by Gasteiger charge is 2.16. The number of carbonyl (C=O) groups excluding carboxylic acids is 2. The molecule has 2 aromatic carbocycles. The lowest BCUT2D eigenvalue weighted by Gasteiger charge is -2.21. The van der Waals surface area contributed by atoms with Crippen molar-refractivity contribution in [2.75, 3.05) is 18.6 Å². The number of hydrogen-bond donors (Lipinski definition) is 1. The average Bonchev–Trinajstić information content (AvgIpc) is 2.58. The summed E-state index contributed by atoms with van der Waals surface area (Å²) in [6, 6.07) is 13.1. The first kappa shape index (κ1) is 17.5. The molecule has 2 aromatic rings. The summed E-state index contributed by atoms with van der Waals surface area (Å²) >= 11 is 0. The maximum atomic E-state index is 13.5. The molecule has 0 saturated carbocycles. The number of nitrogens with one attached hydrogen (secondary N) is 1. The number of ether oxygens (including phenoxy) is 1. The Morgan fingerprint density at radius 1 is 1.17 bits per heavy atom. The van der Waals surface area contributed by atoms with E-state index >= 15 is 0 Å². The Kier molecular flexibility index (Phi) is 5.89. The molecule has 0 spiro atoms. The summed E-state index contributed by atoms with van der Waals surface area (Å²) in [5.74, 6) is -0.444. The quantitative estimate of drug-likeness (QED) is 0.885. The third-order valence-electron chi connectivity index (χ3n) is 3.48. The lowest BCUT2D eigenvalue weighted by Crippen LogP contribution is -2.39. The molecule has 24 heavy (non-hydrogen) atoms. The lowest BCUT2D eigenvalue weighted by atomic mass is 10.2. The van der Waals surface area contributed by atoms with Gasteiger partial charge >= 0.3 is 0 Å². The Balaban J connectivity index is 2.03. The average molecular weight is 330 g/mol. The molecule has 6 heteroatoms. The van der Waals surface area contributed by atoms with Crippen LogP contribution in [0.1, 0.15) is 12.5 Å². The predicted molar refractivity (Wildman–Crippen MR) is 89.3 cm³/mol. The van der Waals surface area contributed by atoms with Crippen LogP contribution >= 0.6 is 0 Å². The van der Waals surface area contributed by atoms with Crippen LogP contribution in [0.4, 0.5) is 10.1 Å². The van der Waals surface area contributed by atoms with E-state index < -0.39 is 0 Å². The fraction of sp³-hybridized carbons (Fsp3) is 0.222. The second-order valence-electron chi connectivity index (χ2n) is 5.17. The molecule has 1 N–H and O–H groups in total. The maximum Gasteiger partial charge on any atom is 0.240 e. The number of nitrogens with zero attached hydrogens (tertiary/aromatic N) is 1. The van der Waals surface area contributed by atoms with Gasteiger partial charge in [0.25, 0.3) is 0 Å². The first-order chi connectivity index (χ1) is 11.5. The van der Waals surface area contributed by atoms with E-state index in [2.05, 4.69) is 5.32 Å².